The Labute approximate surface area is 157 Å². The molecule has 0 radical (unpaired) electrons. The quantitative estimate of drug-likeness (QED) is 0.688. The van der Waals surface area contributed by atoms with Gasteiger partial charge in [-0.3, -0.25) is 9.59 Å². The van der Waals surface area contributed by atoms with Gasteiger partial charge in [0, 0.05) is 36.7 Å². The second-order valence-corrected chi connectivity index (χ2v) is 6.19. The minimum atomic E-state index is -0.153. The van der Waals surface area contributed by atoms with Crippen LogP contribution in [0.4, 0.5) is 11.4 Å². The van der Waals surface area contributed by atoms with E-state index in [4.69, 9.17) is 4.42 Å². The van der Waals surface area contributed by atoms with Crippen molar-refractivity contribution in [1.29, 1.82) is 0 Å². The van der Waals surface area contributed by atoms with Crippen LogP contribution in [0.1, 0.15) is 24.8 Å². The number of benzene rings is 2. The highest BCUT2D eigenvalue weighted by molar-refractivity contribution is 5.95. The molecular weight excluding hydrogens is 342 g/mol. The fourth-order valence-corrected chi connectivity index (χ4v) is 2.69. The maximum atomic E-state index is 12.3. The number of rotatable bonds is 6. The zero-order valence-corrected chi connectivity index (χ0v) is 15.3. The molecule has 6 heteroatoms. The number of carbonyl (C=O) groups excluding carboxylic acids is 2. The molecule has 0 saturated carbocycles. The molecule has 0 aliphatic carbocycles. The normalized spacial score (nSPS) is 10.4. The molecule has 0 bridgehead atoms. The molecule has 2 aromatic carbocycles. The highest BCUT2D eigenvalue weighted by atomic mass is 16.4. The maximum absolute atomic E-state index is 12.3. The Hall–Kier alpha value is -3.41. The van der Waals surface area contributed by atoms with Crippen molar-refractivity contribution in [3.63, 3.8) is 0 Å². The Morgan fingerprint density at radius 1 is 1.00 bits per heavy atom. The first-order chi connectivity index (χ1) is 13.0. The number of oxazole rings is 1. The van der Waals surface area contributed by atoms with Gasteiger partial charge in [-0.15, -0.1) is 0 Å². The molecule has 1 aromatic heterocycles. The van der Waals surface area contributed by atoms with E-state index in [1.807, 2.05) is 37.3 Å². The van der Waals surface area contributed by atoms with Crippen LogP contribution >= 0.6 is 0 Å². The van der Waals surface area contributed by atoms with Crippen molar-refractivity contribution >= 4 is 23.2 Å². The van der Waals surface area contributed by atoms with Crippen molar-refractivity contribution in [1.82, 2.24) is 4.98 Å². The number of nitrogens with zero attached hydrogens (tertiary/aromatic N) is 1. The number of amides is 2. The van der Waals surface area contributed by atoms with Crippen LogP contribution in [-0.2, 0) is 16.0 Å². The molecule has 27 heavy (non-hydrogen) atoms. The average Bonchev–Trinajstić information content (AvgIpc) is 3.13. The van der Waals surface area contributed by atoms with Gasteiger partial charge in [0.2, 0.25) is 11.8 Å². The molecule has 2 amide bonds. The largest absolute Gasteiger partial charge is 0.441 e. The van der Waals surface area contributed by atoms with Gasteiger partial charge in [0.15, 0.2) is 11.7 Å². The van der Waals surface area contributed by atoms with Crippen LogP contribution in [0.5, 0.6) is 0 Å². The van der Waals surface area contributed by atoms with E-state index in [1.54, 1.807) is 24.4 Å². The molecule has 0 fully saturated rings. The van der Waals surface area contributed by atoms with Gasteiger partial charge in [-0.2, -0.15) is 0 Å². The third-order valence-corrected chi connectivity index (χ3v) is 4.10. The Kier molecular flexibility index (Phi) is 5.66. The Morgan fingerprint density at radius 3 is 2.41 bits per heavy atom. The zero-order chi connectivity index (χ0) is 19.2. The molecule has 1 heterocycles. The predicted molar refractivity (Wildman–Crippen MR) is 104 cm³/mol. The summed E-state index contributed by atoms with van der Waals surface area (Å²) in [7, 11) is 0. The highest BCUT2D eigenvalue weighted by Gasteiger charge is 2.11. The van der Waals surface area contributed by atoms with Crippen LogP contribution in [0.25, 0.3) is 11.3 Å². The van der Waals surface area contributed by atoms with Crippen molar-refractivity contribution in [2.24, 2.45) is 0 Å². The molecule has 2 N–H and O–H groups in total. The molecule has 3 aromatic rings. The highest BCUT2D eigenvalue weighted by Crippen LogP contribution is 2.24. The summed E-state index contributed by atoms with van der Waals surface area (Å²) >= 11 is 0. The van der Waals surface area contributed by atoms with E-state index in [9.17, 15) is 9.59 Å². The molecule has 0 unspecified atom stereocenters. The summed E-state index contributed by atoms with van der Waals surface area (Å²) in [5.41, 5.74) is 3.11. The molecule has 6 nitrogen and oxygen atoms in total. The summed E-state index contributed by atoms with van der Waals surface area (Å²) in [5, 5.41) is 5.62. The van der Waals surface area contributed by atoms with E-state index in [0.717, 1.165) is 11.1 Å². The molecule has 0 atom stereocenters. The van der Waals surface area contributed by atoms with E-state index in [1.165, 1.54) is 6.92 Å². The number of aromatic nitrogens is 1. The van der Waals surface area contributed by atoms with E-state index in [0.29, 0.717) is 29.4 Å². The van der Waals surface area contributed by atoms with Crippen molar-refractivity contribution in [2.75, 3.05) is 10.6 Å². The lowest BCUT2D eigenvalue weighted by Gasteiger charge is -2.12. The van der Waals surface area contributed by atoms with Gasteiger partial charge in [-0.25, -0.2) is 4.98 Å². The summed E-state index contributed by atoms with van der Waals surface area (Å²) < 4.78 is 5.72. The van der Waals surface area contributed by atoms with Gasteiger partial charge in [-0.05, 0) is 24.6 Å². The van der Waals surface area contributed by atoms with Gasteiger partial charge in [0.1, 0.15) is 0 Å². The molecule has 0 spiro atoms. The first-order valence-electron chi connectivity index (χ1n) is 8.70. The van der Waals surface area contributed by atoms with Crippen molar-refractivity contribution in [3.05, 3.63) is 66.2 Å². The average molecular weight is 363 g/mol. The van der Waals surface area contributed by atoms with E-state index in [-0.39, 0.29) is 18.2 Å². The molecule has 0 saturated heterocycles. The number of aryl methyl sites for hydroxylation is 1. The van der Waals surface area contributed by atoms with Gasteiger partial charge < -0.3 is 15.1 Å². The van der Waals surface area contributed by atoms with E-state index >= 15 is 0 Å². The Bertz CT molecular complexity index is 948. The molecule has 138 valence electrons. The Balaban J connectivity index is 1.59. The third kappa shape index (κ3) is 4.82. The summed E-state index contributed by atoms with van der Waals surface area (Å²) in [6.07, 6.45) is 2.32. The van der Waals surface area contributed by atoms with Crippen LogP contribution in [0, 0.1) is 6.92 Å². The topological polar surface area (TPSA) is 84.2 Å². The molecule has 0 aliphatic heterocycles. The second kappa shape index (κ2) is 8.31. The van der Waals surface area contributed by atoms with Crippen molar-refractivity contribution in [2.45, 2.75) is 26.7 Å². The minimum Gasteiger partial charge on any atom is -0.441 e. The number of carbonyl (C=O) groups is 2. The van der Waals surface area contributed by atoms with Crippen LogP contribution in [0.15, 0.2) is 59.1 Å². The Morgan fingerprint density at radius 2 is 1.70 bits per heavy atom. The lowest BCUT2D eigenvalue weighted by Crippen LogP contribution is -2.14. The third-order valence-electron chi connectivity index (χ3n) is 4.10. The fourth-order valence-electron chi connectivity index (χ4n) is 2.69. The monoisotopic (exact) mass is 363 g/mol. The van der Waals surface area contributed by atoms with Crippen molar-refractivity contribution < 1.29 is 14.0 Å². The number of nitrogens with one attached hydrogen (secondary N) is 2. The van der Waals surface area contributed by atoms with Gasteiger partial charge >= 0.3 is 0 Å². The number of anilines is 2. The number of hydrogen-bond acceptors (Lipinski definition) is 4. The summed E-state index contributed by atoms with van der Waals surface area (Å²) in [6, 6.07) is 15.1. The minimum absolute atomic E-state index is 0.141. The smallest absolute Gasteiger partial charge is 0.224 e. The van der Waals surface area contributed by atoms with Gasteiger partial charge in [0.05, 0.1) is 6.20 Å². The molecule has 0 aliphatic rings. The zero-order valence-electron chi connectivity index (χ0n) is 15.3. The predicted octanol–water partition coefficient (Wildman–Crippen LogP) is 4.18. The standard InChI is InChI=1S/C21H21N3O3/c1-14-17(23-15(2)25)9-6-10-18(14)24-20(26)11-12-21-22-13-19(27-21)16-7-4-3-5-8-16/h3-10,13H,11-12H2,1-2H3,(H,23,25)(H,24,26). The van der Waals surface area contributed by atoms with Crippen LogP contribution in [0.2, 0.25) is 0 Å². The summed E-state index contributed by atoms with van der Waals surface area (Å²) in [4.78, 5) is 27.8. The number of hydrogen-bond donors (Lipinski definition) is 2. The van der Waals surface area contributed by atoms with Gasteiger partial charge in [-0.1, -0.05) is 36.4 Å². The maximum Gasteiger partial charge on any atom is 0.224 e. The summed E-state index contributed by atoms with van der Waals surface area (Å²) in [6.45, 7) is 3.30. The molecular formula is C21H21N3O3. The fraction of sp³-hybridized carbons (Fsp3) is 0.190. The SMILES string of the molecule is CC(=O)Nc1cccc(NC(=O)CCc2ncc(-c3ccccc3)o2)c1C. The first kappa shape index (κ1) is 18.4. The lowest BCUT2D eigenvalue weighted by atomic mass is 10.1. The molecule has 3 rings (SSSR count). The second-order valence-electron chi connectivity index (χ2n) is 6.19. The van der Waals surface area contributed by atoms with E-state index < -0.39 is 0 Å². The lowest BCUT2D eigenvalue weighted by molar-refractivity contribution is -0.116. The van der Waals surface area contributed by atoms with Gasteiger partial charge in [0.25, 0.3) is 0 Å². The first-order valence-corrected chi connectivity index (χ1v) is 8.70. The summed E-state index contributed by atoms with van der Waals surface area (Å²) in [5.74, 6) is 0.912. The van der Waals surface area contributed by atoms with Crippen LogP contribution < -0.4 is 10.6 Å². The van der Waals surface area contributed by atoms with Crippen LogP contribution in [0.3, 0.4) is 0 Å². The van der Waals surface area contributed by atoms with Crippen molar-refractivity contribution in [3.8, 4) is 11.3 Å². The van der Waals surface area contributed by atoms with Crippen LogP contribution in [-0.4, -0.2) is 16.8 Å². The van der Waals surface area contributed by atoms with E-state index in [2.05, 4.69) is 15.6 Å².